The highest BCUT2D eigenvalue weighted by Gasteiger charge is 2.31. The number of likely N-dealkylation sites (tertiary alicyclic amines) is 1. The van der Waals surface area contributed by atoms with Gasteiger partial charge in [-0.15, -0.1) is 11.3 Å². The molecule has 118 valence electrons. The van der Waals surface area contributed by atoms with Crippen molar-refractivity contribution in [2.75, 3.05) is 25.5 Å². The number of aromatic nitrogens is 2. The van der Waals surface area contributed by atoms with Gasteiger partial charge in [0.05, 0.1) is 11.9 Å². The Kier molecular flexibility index (Phi) is 4.81. The Morgan fingerprint density at radius 1 is 1.59 bits per heavy atom. The lowest BCUT2D eigenvalue weighted by Gasteiger charge is -2.39. The molecule has 2 aromatic rings. The predicted molar refractivity (Wildman–Crippen MR) is 90.8 cm³/mol. The third-order valence-corrected chi connectivity index (χ3v) is 5.51. The van der Waals surface area contributed by atoms with E-state index in [9.17, 15) is 4.79 Å². The van der Waals surface area contributed by atoms with Gasteiger partial charge in [0.25, 0.3) is 5.56 Å². The highest BCUT2D eigenvalue weighted by atomic mass is 35.5. The van der Waals surface area contributed by atoms with Crippen molar-refractivity contribution in [1.29, 1.82) is 0 Å². The first-order valence-electron chi connectivity index (χ1n) is 7.37. The SMILES string of the molecule is CN1CCC[C@H](CNc2cn[nH]c(=O)c2Cl)[C@H]1c1cccs1. The second-order valence-corrected chi connectivity index (χ2v) is 7.01. The van der Waals surface area contributed by atoms with Gasteiger partial charge in [-0.3, -0.25) is 9.69 Å². The molecule has 0 amide bonds. The molecule has 22 heavy (non-hydrogen) atoms. The first-order chi connectivity index (χ1) is 10.7. The lowest BCUT2D eigenvalue weighted by atomic mass is 9.88. The van der Waals surface area contributed by atoms with Gasteiger partial charge in [0.2, 0.25) is 0 Å². The van der Waals surface area contributed by atoms with Crippen molar-refractivity contribution in [3.8, 4) is 0 Å². The Morgan fingerprint density at radius 2 is 2.45 bits per heavy atom. The summed E-state index contributed by atoms with van der Waals surface area (Å²) in [4.78, 5) is 15.3. The van der Waals surface area contributed by atoms with Crippen LogP contribution in [0.3, 0.4) is 0 Å². The third kappa shape index (κ3) is 3.19. The molecule has 0 radical (unpaired) electrons. The maximum absolute atomic E-state index is 11.5. The molecular formula is C15H19ClN4OS. The number of halogens is 1. The molecule has 0 saturated carbocycles. The van der Waals surface area contributed by atoms with E-state index in [0.29, 0.717) is 17.6 Å². The number of anilines is 1. The average Bonchev–Trinajstić information content (AvgIpc) is 3.02. The van der Waals surface area contributed by atoms with E-state index in [-0.39, 0.29) is 10.6 Å². The first-order valence-corrected chi connectivity index (χ1v) is 8.63. The number of H-pyrrole nitrogens is 1. The van der Waals surface area contributed by atoms with E-state index in [1.165, 1.54) is 11.3 Å². The van der Waals surface area contributed by atoms with Crippen LogP contribution in [0.15, 0.2) is 28.5 Å². The zero-order valence-corrected chi connectivity index (χ0v) is 14.0. The first kappa shape index (κ1) is 15.5. The number of hydrogen-bond donors (Lipinski definition) is 2. The zero-order chi connectivity index (χ0) is 15.5. The summed E-state index contributed by atoms with van der Waals surface area (Å²) in [6, 6.07) is 4.71. The van der Waals surface area contributed by atoms with Gasteiger partial charge in [0.15, 0.2) is 0 Å². The van der Waals surface area contributed by atoms with E-state index < -0.39 is 0 Å². The molecule has 0 aromatic carbocycles. The molecule has 2 N–H and O–H groups in total. The second-order valence-electron chi connectivity index (χ2n) is 5.65. The standard InChI is InChI=1S/C15H19ClN4OS/c1-20-6-2-4-10(14(20)12-5-3-7-22-12)8-17-11-9-18-19-15(21)13(11)16/h3,5,7,9-10,14H,2,4,6,8H2,1H3,(H2,17,19,21)/t10-,14+/m1/s1. The van der Waals surface area contributed by atoms with E-state index in [4.69, 9.17) is 11.6 Å². The molecule has 3 rings (SSSR count). The van der Waals surface area contributed by atoms with Gasteiger partial charge < -0.3 is 5.32 Å². The van der Waals surface area contributed by atoms with Crippen LogP contribution in [0.25, 0.3) is 0 Å². The largest absolute Gasteiger partial charge is 0.382 e. The monoisotopic (exact) mass is 338 g/mol. The molecule has 0 unspecified atom stereocenters. The summed E-state index contributed by atoms with van der Waals surface area (Å²) in [7, 11) is 2.18. The van der Waals surface area contributed by atoms with Crippen LogP contribution in [0.5, 0.6) is 0 Å². The Labute approximate surface area is 138 Å². The van der Waals surface area contributed by atoms with E-state index in [2.05, 4.69) is 45.0 Å². The van der Waals surface area contributed by atoms with Crippen molar-refractivity contribution >= 4 is 28.6 Å². The van der Waals surface area contributed by atoms with Crippen LogP contribution in [0.4, 0.5) is 5.69 Å². The van der Waals surface area contributed by atoms with Crippen LogP contribution in [0.1, 0.15) is 23.8 Å². The normalized spacial score (nSPS) is 22.6. The summed E-state index contributed by atoms with van der Waals surface area (Å²) < 4.78 is 0. The molecule has 1 aliphatic heterocycles. The Hall–Kier alpha value is -1.37. The maximum Gasteiger partial charge on any atom is 0.285 e. The Balaban J connectivity index is 1.75. The summed E-state index contributed by atoms with van der Waals surface area (Å²) in [5.41, 5.74) is 0.241. The summed E-state index contributed by atoms with van der Waals surface area (Å²) in [5.74, 6) is 0.479. The van der Waals surface area contributed by atoms with Crippen LogP contribution in [-0.2, 0) is 0 Å². The minimum atomic E-state index is -0.359. The molecule has 0 aliphatic carbocycles. The average molecular weight is 339 g/mol. The molecule has 3 heterocycles. The van der Waals surface area contributed by atoms with E-state index in [1.807, 2.05) is 0 Å². The van der Waals surface area contributed by atoms with Gasteiger partial charge in [-0.05, 0) is 43.8 Å². The molecule has 1 aliphatic rings. The van der Waals surface area contributed by atoms with Gasteiger partial charge in [-0.25, -0.2) is 5.10 Å². The second kappa shape index (κ2) is 6.81. The van der Waals surface area contributed by atoms with Gasteiger partial charge in [0, 0.05) is 17.5 Å². The quantitative estimate of drug-likeness (QED) is 0.899. The van der Waals surface area contributed by atoms with E-state index in [1.54, 1.807) is 17.5 Å². The molecular weight excluding hydrogens is 320 g/mol. The Bertz CT molecular complexity index is 672. The van der Waals surface area contributed by atoms with Gasteiger partial charge >= 0.3 is 0 Å². The fourth-order valence-electron chi connectivity index (χ4n) is 3.13. The molecule has 2 atom stereocenters. The number of piperidine rings is 1. The lowest BCUT2D eigenvalue weighted by molar-refractivity contribution is 0.130. The number of nitrogens with one attached hydrogen (secondary N) is 2. The number of thiophene rings is 1. The predicted octanol–water partition coefficient (Wildman–Crippen LogP) is 2.98. The molecule has 0 bridgehead atoms. The molecule has 1 saturated heterocycles. The van der Waals surface area contributed by atoms with Crippen LogP contribution >= 0.6 is 22.9 Å². The van der Waals surface area contributed by atoms with Crippen LogP contribution < -0.4 is 10.9 Å². The summed E-state index contributed by atoms with van der Waals surface area (Å²) in [6.07, 6.45) is 3.91. The van der Waals surface area contributed by atoms with Crippen LogP contribution in [-0.4, -0.2) is 35.2 Å². The van der Waals surface area contributed by atoms with Crippen molar-refractivity contribution < 1.29 is 0 Å². The van der Waals surface area contributed by atoms with Crippen molar-refractivity contribution in [2.45, 2.75) is 18.9 Å². The van der Waals surface area contributed by atoms with Crippen molar-refractivity contribution in [2.24, 2.45) is 5.92 Å². The van der Waals surface area contributed by atoms with Crippen molar-refractivity contribution in [3.05, 3.63) is 44.0 Å². The van der Waals surface area contributed by atoms with Gasteiger partial charge in [-0.1, -0.05) is 17.7 Å². The number of nitrogens with zero attached hydrogens (tertiary/aromatic N) is 2. The highest BCUT2D eigenvalue weighted by Crippen LogP contribution is 2.37. The molecule has 7 heteroatoms. The number of rotatable bonds is 4. The number of hydrogen-bond acceptors (Lipinski definition) is 5. The number of aromatic amines is 1. The smallest absolute Gasteiger partial charge is 0.285 e. The zero-order valence-electron chi connectivity index (χ0n) is 12.4. The minimum Gasteiger partial charge on any atom is -0.382 e. The fraction of sp³-hybridized carbons (Fsp3) is 0.467. The fourth-order valence-corrected chi connectivity index (χ4v) is 4.27. The third-order valence-electron chi connectivity index (χ3n) is 4.19. The molecule has 2 aromatic heterocycles. The van der Waals surface area contributed by atoms with Gasteiger partial charge in [0.1, 0.15) is 5.02 Å². The van der Waals surface area contributed by atoms with Crippen LogP contribution in [0.2, 0.25) is 5.02 Å². The van der Waals surface area contributed by atoms with Crippen molar-refractivity contribution in [1.82, 2.24) is 15.1 Å². The minimum absolute atomic E-state index is 0.173. The topological polar surface area (TPSA) is 61.0 Å². The summed E-state index contributed by atoms with van der Waals surface area (Å²) >= 11 is 7.82. The maximum atomic E-state index is 11.5. The molecule has 5 nitrogen and oxygen atoms in total. The molecule has 0 spiro atoms. The van der Waals surface area contributed by atoms with Crippen LogP contribution in [0, 0.1) is 5.92 Å². The Morgan fingerprint density at radius 3 is 3.23 bits per heavy atom. The lowest BCUT2D eigenvalue weighted by Crippen LogP contribution is -2.38. The summed E-state index contributed by atoms with van der Waals surface area (Å²) in [6.45, 7) is 1.89. The molecule has 1 fully saturated rings. The van der Waals surface area contributed by atoms with Crippen molar-refractivity contribution in [3.63, 3.8) is 0 Å². The van der Waals surface area contributed by atoms with E-state index in [0.717, 1.165) is 19.5 Å². The van der Waals surface area contributed by atoms with E-state index >= 15 is 0 Å². The summed E-state index contributed by atoms with van der Waals surface area (Å²) in [5, 5.41) is 11.7. The van der Waals surface area contributed by atoms with Gasteiger partial charge in [-0.2, -0.15) is 5.10 Å². The highest BCUT2D eigenvalue weighted by molar-refractivity contribution is 7.10.